The van der Waals surface area contributed by atoms with Crippen LogP contribution in [-0.4, -0.2) is 22.6 Å². The largest absolute Gasteiger partial charge is 0.311 e. The van der Waals surface area contributed by atoms with Crippen molar-refractivity contribution in [3.8, 4) is 0 Å². The average Bonchev–Trinajstić information content (AvgIpc) is 2.75. The van der Waals surface area contributed by atoms with Crippen molar-refractivity contribution in [2.75, 3.05) is 11.4 Å². The lowest BCUT2D eigenvalue weighted by Crippen LogP contribution is -2.38. The van der Waals surface area contributed by atoms with E-state index in [0.717, 1.165) is 42.7 Å². The van der Waals surface area contributed by atoms with E-state index in [0.29, 0.717) is 18.0 Å². The molecule has 1 saturated carbocycles. The molecule has 4 nitrogen and oxygen atoms in total. The fourth-order valence-corrected chi connectivity index (χ4v) is 4.58. The van der Waals surface area contributed by atoms with Gasteiger partial charge in [-0.2, -0.15) is 0 Å². The highest BCUT2D eigenvalue weighted by Gasteiger charge is 2.28. The number of nitrogens with zero attached hydrogens (tertiary/aromatic N) is 2. The summed E-state index contributed by atoms with van der Waals surface area (Å²) in [6.07, 6.45) is 9.61. The van der Waals surface area contributed by atoms with Crippen molar-refractivity contribution < 1.29 is 9.59 Å². The third-order valence-electron chi connectivity index (χ3n) is 5.41. The summed E-state index contributed by atoms with van der Waals surface area (Å²) < 4.78 is 0. The second kappa shape index (κ2) is 10.6. The summed E-state index contributed by atoms with van der Waals surface area (Å²) in [4.78, 5) is 33.0. The van der Waals surface area contributed by atoms with Crippen LogP contribution in [-0.2, 0) is 4.79 Å². The standard InChI is InChI=1S/C24H30N2O2S/c1-18(2)14-16-26(23(27)19-9-4-3-5-10-19)21-12-6-7-13-22(21)29-24(28)20-11-8-15-25-17-20/h6-8,11-13,15,17-19H,3-5,9-10,14,16H2,1-2H3. The topological polar surface area (TPSA) is 50.3 Å². The molecule has 0 bridgehead atoms. The predicted molar refractivity (Wildman–Crippen MR) is 119 cm³/mol. The van der Waals surface area contributed by atoms with Gasteiger partial charge in [-0.25, -0.2) is 0 Å². The van der Waals surface area contributed by atoms with Gasteiger partial charge in [0.25, 0.3) is 0 Å². The molecule has 1 amide bonds. The maximum Gasteiger partial charge on any atom is 0.230 e. The van der Waals surface area contributed by atoms with E-state index in [2.05, 4.69) is 18.8 Å². The van der Waals surface area contributed by atoms with Crippen LogP contribution in [0.2, 0.25) is 0 Å². The Labute approximate surface area is 178 Å². The second-order valence-corrected chi connectivity index (χ2v) is 9.12. The fraction of sp³-hybridized carbons (Fsp3) is 0.458. The van der Waals surface area contributed by atoms with Crippen molar-refractivity contribution in [2.24, 2.45) is 11.8 Å². The van der Waals surface area contributed by atoms with Crippen LogP contribution in [0.3, 0.4) is 0 Å². The van der Waals surface area contributed by atoms with Gasteiger partial charge in [-0.3, -0.25) is 14.6 Å². The number of anilines is 1. The predicted octanol–water partition coefficient (Wildman–Crippen LogP) is 5.97. The molecule has 0 aliphatic heterocycles. The molecule has 1 aromatic heterocycles. The SMILES string of the molecule is CC(C)CCN(C(=O)C1CCCCC1)c1ccccc1SC(=O)c1cccnc1. The van der Waals surface area contributed by atoms with E-state index in [4.69, 9.17) is 0 Å². The van der Waals surface area contributed by atoms with Crippen LogP contribution >= 0.6 is 11.8 Å². The molecule has 5 heteroatoms. The van der Waals surface area contributed by atoms with Crippen molar-refractivity contribution in [2.45, 2.75) is 57.3 Å². The highest BCUT2D eigenvalue weighted by molar-refractivity contribution is 8.14. The van der Waals surface area contributed by atoms with Crippen LogP contribution in [0.1, 0.15) is 62.7 Å². The zero-order valence-electron chi connectivity index (χ0n) is 17.3. The third-order valence-corrected chi connectivity index (χ3v) is 6.39. The fourth-order valence-electron chi connectivity index (χ4n) is 3.72. The maximum absolute atomic E-state index is 13.4. The summed E-state index contributed by atoms with van der Waals surface area (Å²) in [7, 11) is 0. The Balaban J connectivity index is 1.86. The lowest BCUT2D eigenvalue weighted by Gasteiger charge is -2.31. The van der Waals surface area contributed by atoms with E-state index in [1.54, 1.807) is 24.5 Å². The number of thioether (sulfide) groups is 1. The van der Waals surface area contributed by atoms with E-state index in [9.17, 15) is 9.59 Å². The first kappa shape index (κ1) is 21.6. The summed E-state index contributed by atoms with van der Waals surface area (Å²) in [6.45, 7) is 5.04. The van der Waals surface area contributed by atoms with Crippen LogP contribution in [0.15, 0.2) is 53.7 Å². The quantitative estimate of drug-likeness (QED) is 0.527. The molecule has 0 N–H and O–H groups in total. The first-order valence-electron chi connectivity index (χ1n) is 10.6. The first-order valence-corrected chi connectivity index (χ1v) is 11.4. The lowest BCUT2D eigenvalue weighted by molar-refractivity contribution is -0.123. The van der Waals surface area contributed by atoms with Gasteiger partial charge in [0.2, 0.25) is 11.0 Å². The summed E-state index contributed by atoms with van der Waals surface area (Å²) in [5.74, 6) is 0.823. The summed E-state index contributed by atoms with van der Waals surface area (Å²) in [6, 6.07) is 11.3. The molecule has 0 saturated heterocycles. The highest BCUT2D eigenvalue weighted by Crippen LogP contribution is 2.35. The zero-order valence-corrected chi connectivity index (χ0v) is 18.2. The average molecular weight is 411 g/mol. The summed E-state index contributed by atoms with van der Waals surface area (Å²) >= 11 is 1.18. The monoisotopic (exact) mass is 410 g/mol. The molecular weight excluding hydrogens is 380 g/mol. The van der Waals surface area contributed by atoms with Crippen molar-refractivity contribution >= 4 is 28.5 Å². The Bertz CT molecular complexity index is 817. The van der Waals surface area contributed by atoms with Gasteiger partial charge in [0.1, 0.15) is 0 Å². The molecule has 0 unspecified atom stereocenters. The minimum absolute atomic E-state index is 0.0560. The maximum atomic E-state index is 13.4. The van der Waals surface area contributed by atoms with E-state index in [1.807, 2.05) is 29.2 Å². The van der Waals surface area contributed by atoms with Crippen molar-refractivity contribution in [1.29, 1.82) is 0 Å². The molecule has 29 heavy (non-hydrogen) atoms. The number of hydrogen-bond acceptors (Lipinski definition) is 4. The zero-order chi connectivity index (χ0) is 20.6. The van der Waals surface area contributed by atoms with E-state index >= 15 is 0 Å². The number of benzene rings is 1. The molecule has 1 fully saturated rings. The number of carbonyl (C=O) groups is 2. The van der Waals surface area contributed by atoms with E-state index < -0.39 is 0 Å². The Hall–Kier alpha value is -2.14. The smallest absolute Gasteiger partial charge is 0.230 e. The summed E-state index contributed by atoms with van der Waals surface area (Å²) in [5.41, 5.74) is 1.42. The number of amides is 1. The van der Waals surface area contributed by atoms with Crippen molar-refractivity contribution in [3.05, 3.63) is 54.4 Å². The van der Waals surface area contributed by atoms with E-state index in [-0.39, 0.29) is 16.9 Å². The van der Waals surface area contributed by atoms with Gasteiger partial charge >= 0.3 is 0 Å². The molecule has 3 rings (SSSR count). The molecular formula is C24H30N2O2S. The third kappa shape index (κ3) is 5.92. The molecule has 2 aromatic rings. The van der Waals surface area contributed by atoms with Crippen LogP contribution < -0.4 is 4.90 Å². The number of para-hydroxylation sites is 1. The van der Waals surface area contributed by atoms with Gasteiger partial charge in [-0.1, -0.05) is 45.2 Å². The van der Waals surface area contributed by atoms with Gasteiger partial charge < -0.3 is 4.90 Å². The summed E-state index contributed by atoms with van der Waals surface area (Å²) in [5, 5.41) is -0.0560. The molecule has 0 atom stereocenters. The number of aromatic nitrogens is 1. The minimum Gasteiger partial charge on any atom is -0.311 e. The molecule has 1 aliphatic carbocycles. The Morgan fingerprint density at radius 3 is 2.55 bits per heavy atom. The Morgan fingerprint density at radius 2 is 1.86 bits per heavy atom. The lowest BCUT2D eigenvalue weighted by atomic mass is 9.88. The molecule has 1 aliphatic rings. The minimum atomic E-state index is -0.0560. The van der Waals surface area contributed by atoms with Crippen LogP contribution in [0.5, 0.6) is 0 Å². The van der Waals surface area contributed by atoms with Gasteiger partial charge in [0.05, 0.1) is 5.69 Å². The molecule has 1 heterocycles. The van der Waals surface area contributed by atoms with Crippen LogP contribution in [0, 0.1) is 11.8 Å². The van der Waals surface area contributed by atoms with Crippen LogP contribution in [0.4, 0.5) is 5.69 Å². The van der Waals surface area contributed by atoms with Gasteiger partial charge in [0, 0.05) is 35.3 Å². The van der Waals surface area contributed by atoms with E-state index in [1.165, 1.54) is 18.2 Å². The normalized spacial score (nSPS) is 14.7. The molecule has 154 valence electrons. The van der Waals surface area contributed by atoms with Crippen molar-refractivity contribution in [1.82, 2.24) is 4.98 Å². The second-order valence-electron chi connectivity index (χ2n) is 8.11. The highest BCUT2D eigenvalue weighted by atomic mass is 32.2. The first-order chi connectivity index (χ1) is 14.1. The van der Waals surface area contributed by atoms with Crippen molar-refractivity contribution in [3.63, 3.8) is 0 Å². The van der Waals surface area contributed by atoms with Gasteiger partial charge in [-0.15, -0.1) is 0 Å². The molecule has 0 radical (unpaired) electrons. The molecule has 1 aromatic carbocycles. The number of pyridine rings is 1. The number of rotatable bonds is 7. The number of hydrogen-bond donors (Lipinski definition) is 0. The Morgan fingerprint density at radius 1 is 1.10 bits per heavy atom. The van der Waals surface area contributed by atoms with Crippen LogP contribution in [0.25, 0.3) is 0 Å². The Kier molecular flexibility index (Phi) is 7.87. The van der Waals surface area contributed by atoms with Gasteiger partial charge in [0.15, 0.2) is 0 Å². The van der Waals surface area contributed by atoms with Gasteiger partial charge in [-0.05, 0) is 61.2 Å². The molecule has 0 spiro atoms. The number of carbonyl (C=O) groups excluding carboxylic acids is 2.